The number of fused-ring (bicyclic) bond motifs is 5. The average Bonchev–Trinajstić information content (AvgIpc) is 2.70. The first-order chi connectivity index (χ1) is 14.6. The van der Waals surface area contributed by atoms with Crippen LogP contribution in [0.3, 0.4) is 0 Å². The quantitative estimate of drug-likeness (QED) is 0.632. The van der Waals surface area contributed by atoms with Gasteiger partial charge in [-0.1, -0.05) is 32.9 Å². The second kappa shape index (κ2) is 6.42. The largest absolute Gasteiger partial charge is 0.508 e. The van der Waals surface area contributed by atoms with Crippen LogP contribution in [-0.4, -0.2) is 38.5 Å². The lowest BCUT2D eigenvalue weighted by Gasteiger charge is -2.60. The van der Waals surface area contributed by atoms with Crippen LogP contribution in [0.1, 0.15) is 54.5 Å². The first-order valence-electron chi connectivity index (χ1n) is 10.8. The lowest BCUT2D eigenvalue weighted by atomic mass is 9.51. The molecule has 160 valence electrons. The maximum atomic E-state index is 13.7. The molecule has 31 heavy (non-hydrogen) atoms. The molecule has 1 aliphatic heterocycles. The molecular formula is C25H27N3O3. The number of hydrogen-bond acceptors (Lipinski definition) is 4. The number of hydrogen-bond donors (Lipinski definition) is 2. The molecule has 0 unspecified atom stereocenters. The predicted octanol–water partition coefficient (Wildman–Crippen LogP) is 3.69. The minimum absolute atomic E-state index is 0.0379. The molecule has 2 aliphatic rings. The lowest BCUT2D eigenvalue weighted by Crippen LogP contribution is -2.64. The van der Waals surface area contributed by atoms with Crippen LogP contribution < -0.4 is 5.56 Å². The first-order valence-corrected chi connectivity index (χ1v) is 10.8. The van der Waals surface area contributed by atoms with Crippen molar-refractivity contribution in [3.63, 3.8) is 0 Å². The third-order valence-corrected chi connectivity index (χ3v) is 7.96. The predicted molar refractivity (Wildman–Crippen MR) is 119 cm³/mol. The normalized spacial score (nSPS) is 24.1. The molecule has 2 aromatic carbocycles. The number of carbonyl (C=O) groups excluding carboxylic acids is 1. The number of aryl methyl sites for hydroxylation is 1. The molecule has 5 rings (SSSR count). The van der Waals surface area contributed by atoms with Gasteiger partial charge in [0.05, 0.1) is 10.9 Å². The van der Waals surface area contributed by atoms with E-state index in [-0.39, 0.29) is 28.3 Å². The molecule has 2 N–H and O–H groups in total. The summed E-state index contributed by atoms with van der Waals surface area (Å²) in [7, 11) is 0. The fraction of sp³-hybridized carbons (Fsp3) is 0.400. The molecule has 6 heteroatoms. The molecule has 1 aliphatic carbocycles. The van der Waals surface area contributed by atoms with Gasteiger partial charge < -0.3 is 15.0 Å². The van der Waals surface area contributed by atoms with Gasteiger partial charge in [0.1, 0.15) is 11.6 Å². The number of nitrogens with zero attached hydrogens (tertiary/aromatic N) is 2. The van der Waals surface area contributed by atoms with Gasteiger partial charge in [-0.25, -0.2) is 4.98 Å². The zero-order valence-corrected chi connectivity index (χ0v) is 18.3. The van der Waals surface area contributed by atoms with Gasteiger partial charge in [0.15, 0.2) is 0 Å². The summed E-state index contributed by atoms with van der Waals surface area (Å²) >= 11 is 0. The number of aromatic hydroxyl groups is 1. The molecule has 1 saturated heterocycles. The van der Waals surface area contributed by atoms with Gasteiger partial charge in [-0.05, 0) is 60.6 Å². The summed E-state index contributed by atoms with van der Waals surface area (Å²) in [5.41, 5.74) is 2.73. The Morgan fingerprint density at radius 3 is 2.77 bits per heavy atom. The van der Waals surface area contributed by atoms with Crippen molar-refractivity contribution in [1.29, 1.82) is 0 Å². The Balaban J connectivity index is 1.58. The van der Waals surface area contributed by atoms with E-state index in [0.29, 0.717) is 41.0 Å². The summed E-state index contributed by atoms with van der Waals surface area (Å²) < 4.78 is 0. The maximum absolute atomic E-state index is 13.7. The van der Waals surface area contributed by atoms with Crippen molar-refractivity contribution in [2.45, 2.75) is 52.0 Å². The number of carbonyl (C=O) groups is 1. The summed E-state index contributed by atoms with van der Waals surface area (Å²) in [6, 6.07) is 10.8. The van der Waals surface area contributed by atoms with Gasteiger partial charge in [0, 0.05) is 23.6 Å². The average molecular weight is 418 g/mol. The molecule has 6 nitrogen and oxygen atoms in total. The zero-order valence-electron chi connectivity index (χ0n) is 18.3. The van der Waals surface area contributed by atoms with Gasteiger partial charge >= 0.3 is 0 Å². The lowest BCUT2D eigenvalue weighted by molar-refractivity contribution is -0.0266. The van der Waals surface area contributed by atoms with E-state index in [9.17, 15) is 14.7 Å². The van der Waals surface area contributed by atoms with Crippen LogP contribution in [0.2, 0.25) is 0 Å². The monoisotopic (exact) mass is 417 g/mol. The van der Waals surface area contributed by atoms with E-state index in [2.05, 4.69) is 36.8 Å². The zero-order chi connectivity index (χ0) is 22.1. The molecule has 2 bridgehead atoms. The number of phenols is 1. The third kappa shape index (κ3) is 2.67. The number of rotatable bonds is 1. The highest BCUT2D eigenvalue weighted by Crippen LogP contribution is 2.57. The van der Waals surface area contributed by atoms with Crippen LogP contribution in [-0.2, 0) is 11.8 Å². The second-order valence-electron chi connectivity index (χ2n) is 9.71. The highest BCUT2D eigenvalue weighted by molar-refractivity contribution is 5.98. The van der Waals surface area contributed by atoms with Gasteiger partial charge in [0.2, 0.25) is 0 Å². The molecular weight excluding hydrogens is 390 g/mol. The Morgan fingerprint density at radius 1 is 1.23 bits per heavy atom. The number of benzene rings is 2. The number of piperidine rings is 1. The Hall–Kier alpha value is -3.15. The van der Waals surface area contributed by atoms with Crippen molar-refractivity contribution >= 4 is 16.8 Å². The van der Waals surface area contributed by atoms with E-state index in [1.54, 1.807) is 31.2 Å². The van der Waals surface area contributed by atoms with Crippen LogP contribution in [0.4, 0.5) is 0 Å². The SMILES string of the molecule is Cc1nc2cc(C(=O)N3CC[C@@]4(C)c5cccc(O)c5C[C@@H]3C4(C)C)ccc2c(=O)[nH]1. The second-order valence-corrected chi connectivity index (χ2v) is 9.71. The first kappa shape index (κ1) is 19.8. The van der Waals surface area contributed by atoms with Gasteiger partial charge in [-0.15, -0.1) is 0 Å². The smallest absolute Gasteiger partial charge is 0.258 e. The van der Waals surface area contributed by atoms with Gasteiger partial charge in [-0.3, -0.25) is 9.59 Å². The molecule has 1 aromatic heterocycles. The fourth-order valence-corrected chi connectivity index (χ4v) is 5.72. The summed E-state index contributed by atoms with van der Waals surface area (Å²) in [6.45, 7) is 9.10. The fourth-order valence-electron chi connectivity index (χ4n) is 5.72. The van der Waals surface area contributed by atoms with Crippen molar-refractivity contribution in [2.75, 3.05) is 6.54 Å². The van der Waals surface area contributed by atoms with Crippen molar-refractivity contribution in [3.8, 4) is 5.75 Å². The number of likely N-dealkylation sites (tertiary alicyclic amines) is 1. The summed E-state index contributed by atoms with van der Waals surface area (Å²) in [5, 5.41) is 11.0. The van der Waals surface area contributed by atoms with E-state index in [1.165, 1.54) is 5.56 Å². The highest BCUT2D eigenvalue weighted by atomic mass is 16.3. The summed E-state index contributed by atoms with van der Waals surface area (Å²) in [5.74, 6) is 0.778. The molecule has 2 heterocycles. The highest BCUT2D eigenvalue weighted by Gasteiger charge is 2.57. The van der Waals surface area contributed by atoms with Crippen molar-refractivity contribution in [3.05, 3.63) is 69.3 Å². The van der Waals surface area contributed by atoms with Crippen LogP contribution in [0.25, 0.3) is 10.9 Å². The van der Waals surface area contributed by atoms with Crippen molar-refractivity contribution in [1.82, 2.24) is 14.9 Å². The number of aromatic nitrogens is 2. The molecule has 0 saturated carbocycles. The van der Waals surface area contributed by atoms with Crippen LogP contribution in [0.15, 0.2) is 41.2 Å². The van der Waals surface area contributed by atoms with E-state index < -0.39 is 0 Å². The van der Waals surface area contributed by atoms with Crippen LogP contribution >= 0.6 is 0 Å². The Morgan fingerprint density at radius 2 is 2.00 bits per heavy atom. The Kier molecular flexibility index (Phi) is 4.10. The van der Waals surface area contributed by atoms with E-state index >= 15 is 0 Å². The summed E-state index contributed by atoms with van der Waals surface area (Å²) in [4.78, 5) is 34.9. The number of phenolic OH excluding ortho intramolecular Hbond substituents is 1. The number of nitrogens with one attached hydrogen (secondary N) is 1. The topological polar surface area (TPSA) is 86.3 Å². The third-order valence-electron chi connectivity index (χ3n) is 7.96. The van der Waals surface area contributed by atoms with Gasteiger partial charge in [-0.2, -0.15) is 0 Å². The standard InChI is InChI=1S/C25H27N3O3/c1-14-26-19-12-15(8-9-16(19)22(30)27-14)23(31)28-11-10-25(4)18-6-5-7-20(29)17(18)13-21(28)24(25,2)3/h5-9,12,21,29H,10-11,13H2,1-4H3,(H,26,27,30)/t21-,25+/m1/s1. The molecule has 3 aromatic rings. The number of amides is 1. The Labute approximate surface area is 180 Å². The summed E-state index contributed by atoms with van der Waals surface area (Å²) in [6.07, 6.45) is 1.45. The van der Waals surface area contributed by atoms with Crippen LogP contribution in [0.5, 0.6) is 5.75 Å². The number of H-pyrrole nitrogens is 1. The van der Waals surface area contributed by atoms with E-state index in [1.807, 2.05) is 11.0 Å². The minimum Gasteiger partial charge on any atom is -0.508 e. The molecule has 1 amide bonds. The molecule has 1 fully saturated rings. The maximum Gasteiger partial charge on any atom is 0.258 e. The van der Waals surface area contributed by atoms with Crippen molar-refractivity contribution < 1.29 is 9.90 Å². The van der Waals surface area contributed by atoms with Gasteiger partial charge in [0.25, 0.3) is 11.5 Å². The van der Waals surface area contributed by atoms with E-state index in [0.717, 1.165) is 12.0 Å². The minimum atomic E-state index is -0.198. The number of aromatic amines is 1. The molecule has 0 spiro atoms. The molecule has 2 atom stereocenters. The Bertz CT molecular complexity index is 1290. The van der Waals surface area contributed by atoms with Crippen molar-refractivity contribution in [2.24, 2.45) is 5.41 Å². The van der Waals surface area contributed by atoms with E-state index in [4.69, 9.17) is 0 Å². The molecule has 0 radical (unpaired) electrons. The van der Waals surface area contributed by atoms with Crippen LogP contribution in [0, 0.1) is 12.3 Å².